The van der Waals surface area contributed by atoms with E-state index in [1.165, 1.54) is 0 Å². The Hall–Kier alpha value is -2.56. The Balaban J connectivity index is 2.08. The van der Waals surface area contributed by atoms with Gasteiger partial charge in [0.15, 0.2) is 0 Å². The van der Waals surface area contributed by atoms with Crippen LogP contribution in [0, 0.1) is 0 Å². The van der Waals surface area contributed by atoms with Gasteiger partial charge in [0.2, 0.25) is 0 Å². The van der Waals surface area contributed by atoms with Gasteiger partial charge in [-0.25, -0.2) is 4.98 Å². The minimum atomic E-state index is -0.241. The highest BCUT2D eigenvalue weighted by Crippen LogP contribution is 2.16. The molecule has 0 saturated carbocycles. The summed E-state index contributed by atoms with van der Waals surface area (Å²) in [5.41, 5.74) is 1.07. The second kappa shape index (κ2) is 6.56. The second-order valence-corrected chi connectivity index (χ2v) is 4.12. The van der Waals surface area contributed by atoms with Crippen molar-refractivity contribution < 1.29 is 9.53 Å². The van der Waals surface area contributed by atoms with Crippen LogP contribution in [0.4, 0.5) is 11.5 Å². The Labute approximate surface area is 118 Å². The summed E-state index contributed by atoms with van der Waals surface area (Å²) in [5, 5.41) is 5.87. The first-order chi connectivity index (χ1) is 9.72. The van der Waals surface area contributed by atoms with E-state index in [0.29, 0.717) is 17.2 Å². The Morgan fingerprint density at radius 2 is 1.95 bits per heavy atom. The van der Waals surface area contributed by atoms with Crippen molar-refractivity contribution in [2.24, 2.45) is 0 Å². The quantitative estimate of drug-likeness (QED) is 0.877. The van der Waals surface area contributed by atoms with Crippen LogP contribution in [-0.2, 0) is 0 Å². The summed E-state index contributed by atoms with van der Waals surface area (Å²) in [4.78, 5) is 16.3. The van der Waals surface area contributed by atoms with Gasteiger partial charge in [-0.1, -0.05) is 6.07 Å². The van der Waals surface area contributed by atoms with Gasteiger partial charge in [-0.15, -0.1) is 0 Å². The number of nitrogens with one attached hydrogen (secondary N) is 2. The number of benzene rings is 1. The molecule has 0 aliphatic carbocycles. The number of hydrogen-bond acceptors (Lipinski definition) is 4. The molecule has 0 aliphatic rings. The highest BCUT2D eigenvalue weighted by atomic mass is 16.5. The summed E-state index contributed by atoms with van der Waals surface area (Å²) < 4.78 is 5.07. The lowest BCUT2D eigenvalue weighted by molar-refractivity contribution is 0.102. The number of aromatic nitrogens is 1. The molecule has 1 aromatic heterocycles. The maximum Gasteiger partial charge on any atom is 0.274 e. The first-order valence-corrected chi connectivity index (χ1v) is 6.39. The van der Waals surface area contributed by atoms with Gasteiger partial charge in [0.05, 0.1) is 7.11 Å². The summed E-state index contributed by atoms with van der Waals surface area (Å²) in [7, 11) is 1.60. The van der Waals surface area contributed by atoms with Crippen molar-refractivity contribution >= 4 is 17.4 Å². The fourth-order valence-corrected chi connectivity index (χ4v) is 1.71. The molecule has 1 heterocycles. The molecule has 2 rings (SSSR count). The van der Waals surface area contributed by atoms with E-state index in [-0.39, 0.29) is 5.91 Å². The van der Waals surface area contributed by atoms with E-state index >= 15 is 0 Å². The van der Waals surface area contributed by atoms with Crippen LogP contribution in [-0.4, -0.2) is 24.5 Å². The molecule has 1 amide bonds. The van der Waals surface area contributed by atoms with Crippen LogP contribution in [0.2, 0.25) is 0 Å². The highest BCUT2D eigenvalue weighted by Gasteiger charge is 2.08. The van der Waals surface area contributed by atoms with Crippen LogP contribution >= 0.6 is 0 Å². The van der Waals surface area contributed by atoms with Crippen molar-refractivity contribution in [3.63, 3.8) is 0 Å². The van der Waals surface area contributed by atoms with Crippen molar-refractivity contribution in [3.05, 3.63) is 48.2 Å². The third kappa shape index (κ3) is 3.47. The van der Waals surface area contributed by atoms with Crippen LogP contribution in [0.25, 0.3) is 0 Å². The molecular formula is C15H17N3O2. The maximum absolute atomic E-state index is 12.1. The minimum absolute atomic E-state index is 0.241. The largest absolute Gasteiger partial charge is 0.497 e. The number of carbonyl (C=O) groups excluding carboxylic acids is 1. The molecule has 0 unspecified atom stereocenters. The van der Waals surface area contributed by atoms with Gasteiger partial charge in [0, 0.05) is 12.2 Å². The summed E-state index contributed by atoms with van der Waals surface area (Å²) >= 11 is 0. The standard InChI is InChI=1S/C15H17N3O2/c1-3-16-14-6-4-5-13(18-14)15(19)17-11-7-9-12(20-2)10-8-11/h4-10H,3H2,1-2H3,(H,16,18)(H,17,19). The molecule has 0 aliphatic heterocycles. The van der Waals surface area contributed by atoms with E-state index in [1.54, 1.807) is 43.5 Å². The molecular weight excluding hydrogens is 254 g/mol. The summed E-state index contributed by atoms with van der Waals surface area (Å²) in [5.74, 6) is 1.19. The zero-order valence-corrected chi connectivity index (χ0v) is 11.5. The molecule has 0 atom stereocenters. The molecule has 0 bridgehead atoms. The second-order valence-electron chi connectivity index (χ2n) is 4.12. The summed E-state index contributed by atoms with van der Waals surface area (Å²) in [6, 6.07) is 12.5. The fourth-order valence-electron chi connectivity index (χ4n) is 1.71. The molecule has 5 nitrogen and oxygen atoms in total. The van der Waals surface area contributed by atoms with Crippen molar-refractivity contribution in [2.45, 2.75) is 6.92 Å². The Kier molecular flexibility index (Phi) is 4.55. The smallest absolute Gasteiger partial charge is 0.274 e. The van der Waals surface area contributed by atoms with Crippen LogP contribution in [0.15, 0.2) is 42.5 Å². The van der Waals surface area contributed by atoms with Crippen LogP contribution < -0.4 is 15.4 Å². The van der Waals surface area contributed by atoms with Gasteiger partial charge in [-0.2, -0.15) is 0 Å². The van der Waals surface area contributed by atoms with Crippen molar-refractivity contribution in [1.82, 2.24) is 4.98 Å². The lowest BCUT2D eigenvalue weighted by Gasteiger charge is -2.07. The SMILES string of the molecule is CCNc1cccc(C(=O)Nc2ccc(OC)cc2)n1. The number of anilines is 2. The molecule has 2 aromatic rings. The predicted octanol–water partition coefficient (Wildman–Crippen LogP) is 2.77. The molecule has 0 saturated heterocycles. The van der Waals surface area contributed by atoms with Crippen LogP contribution in [0.3, 0.4) is 0 Å². The number of amides is 1. The van der Waals surface area contributed by atoms with Crippen LogP contribution in [0.5, 0.6) is 5.75 Å². The molecule has 0 radical (unpaired) electrons. The Morgan fingerprint density at radius 1 is 1.20 bits per heavy atom. The molecule has 1 aromatic carbocycles. The van der Waals surface area contributed by atoms with E-state index in [2.05, 4.69) is 15.6 Å². The van der Waals surface area contributed by atoms with Gasteiger partial charge < -0.3 is 15.4 Å². The third-order valence-electron chi connectivity index (χ3n) is 2.69. The average Bonchev–Trinajstić information content (AvgIpc) is 2.48. The van der Waals surface area contributed by atoms with Crippen molar-refractivity contribution in [2.75, 3.05) is 24.3 Å². The Morgan fingerprint density at radius 3 is 2.60 bits per heavy atom. The van der Waals surface area contributed by atoms with Crippen molar-refractivity contribution in [3.8, 4) is 5.75 Å². The number of hydrogen-bond donors (Lipinski definition) is 2. The predicted molar refractivity (Wildman–Crippen MR) is 79.3 cm³/mol. The molecule has 0 spiro atoms. The molecule has 2 N–H and O–H groups in total. The first-order valence-electron chi connectivity index (χ1n) is 6.39. The van der Waals surface area contributed by atoms with Crippen molar-refractivity contribution in [1.29, 1.82) is 0 Å². The normalized spacial score (nSPS) is 9.90. The summed E-state index contributed by atoms with van der Waals surface area (Å²) in [6.45, 7) is 2.74. The number of ether oxygens (including phenoxy) is 1. The lowest BCUT2D eigenvalue weighted by Crippen LogP contribution is -2.14. The maximum atomic E-state index is 12.1. The number of nitrogens with zero attached hydrogens (tertiary/aromatic N) is 1. The lowest BCUT2D eigenvalue weighted by atomic mass is 10.2. The van der Waals surface area contributed by atoms with Gasteiger partial charge in [-0.05, 0) is 43.3 Å². The van der Waals surface area contributed by atoms with Gasteiger partial charge in [0.25, 0.3) is 5.91 Å². The molecule has 104 valence electrons. The first kappa shape index (κ1) is 13.9. The molecule has 5 heteroatoms. The average molecular weight is 271 g/mol. The molecule has 20 heavy (non-hydrogen) atoms. The molecule has 0 fully saturated rings. The third-order valence-corrected chi connectivity index (χ3v) is 2.69. The fraction of sp³-hybridized carbons (Fsp3) is 0.200. The van der Waals surface area contributed by atoms with E-state index in [4.69, 9.17) is 4.74 Å². The van der Waals surface area contributed by atoms with E-state index in [0.717, 1.165) is 12.3 Å². The number of rotatable bonds is 5. The zero-order valence-electron chi connectivity index (χ0n) is 11.5. The topological polar surface area (TPSA) is 63.2 Å². The van der Waals surface area contributed by atoms with Crippen LogP contribution in [0.1, 0.15) is 17.4 Å². The number of pyridine rings is 1. The number of methoxy groups -OCH3 is 1. The Bertz CT molecular complexity index is 582. The van der Waals surface area contributed by atoms with E-state index in [9.17, 15) is 4.79 Å². The minimum Gasteiger partial charge on any atom is -0.497 e. The van der Waals surface area contributed by atoms with Gasteiger partial charge >= 0.3 is 0 Å². The highest BCUT2D eigenvalue weighted by molar-refractivity contribution is 6.03. The van der Waals surface area contributed by atoms with Gasteiger partial charge in [0.1, 0.15) is 17.3 Å². The monoisotopic (exact) mass is 271 g/mol. The number of carbonyl (C=O) groups is 1. The summed E-state index contributed by atoms with van der Waals surface area (Å²) in [6.07, 6.45) is 0. The zero-order chi connectivity index (χ0) is 14.4. The van der Waals surface area contributed by atoms with E-state index in [1.807, 2.05) is 13.0 Å². The van der Waals surface area contributed by atoms with Gasteiger partial charge in [-0.3, -0.25) is 4.79 Å². The van der Waals surface area contributed by atoms with E-state index < -0.39 is 0 Å².